The lowest BCUT2D eigenvalue weighted by Crippen LogP contribution is -2.29. The number of allylic oxidation sites excluding steroid dienone is 1. The summed E-state index contributed by atoms with van der Waals surface area (Å²) in [5.74, 6) is 0. The molecule has 0 amide bonds. The van der Waals surface area contributed by atoms with E-state index in [1.54, 1.807) is 0 Å². The van der Waals surface area contributed by atoms with Crippen LogP contribution in [-0.4, -0.2) is 21.6 Å². The summed E-state index contributed by atoms with van der Waals surface area (Å²) in [5.41, 5.74) is 3.43. The number of hydrogen-bond donors (Lipinski definition) is 1. The van der Waals surface area contributed by atoms with E-state index in [-0.39, 0.29) is 0 Å². The van der Waals surface area contributed by atoms with E-state index in [0.717, 1.165) is 12.2 Å². The van der Waals surface area contributed by atoms with Crippen molar-refractivity contribution in [1.82, 2.24) is 15.1 Å². The van der Waals surface area contributed by atoms with Gasteiger partial charge in [-0.15, -0.1) is 0 Å². The van der Waals surface area contributed by atoms with E-state index >= 15 is 0 Å². The quantitative estimate of drug-likeness (QED) is 0.906. The highest BCUT2D eigenvalue weighted by Crippen LogP contribution is 2.31. The van der Waals surface area contributed by atoms with Gasteiger partial charge in [-0.1, -0.05) is 36.4 Å². The third-order valence-electron chi connectivity index (χ3n) is 3.91. The standard InChI is InChI=1S/C17H21N3/c1-2-11-20-12-7-6-10-17(20)16-13-15(18-19-16)14-8-4-3-5-9-14/h2-5,8-9,11,13,17H,6-7,10,12H2,1H3,(H,18,19)/b11-2-. The molecule has 1 fully saturated rings. The molecule has 20 heavy (non-hydrogen) atoms. The zero-order chi connectivity index (χ0) is 13.8. The van der Waals surface area contributed by atoms with E-state index in [1.807, 2.05) is 6.07 Å². The van der Waals surface area contributed by atoms with Crippen molar-refractivity contribution in [1.29, 1.82) is 0 Å². The Morgan fingerprint density at radius 3 is 2.90 bits per heavy atom. The van der Waals surface area contributed by atoms with Gasteiger partial charge in [-0.25, -0.2) is 0 Å². The molecule has 3 nitrogen and oxygen atoms in total. The van der Waals surface area contributed by atoms with Crippen LogP contribution in [0.15, 0.2) is 48.7 Å². The van der Waals surface area contributed by atoms with Crippen LogP contribution in [0.25, 0.3) is 11.3 Å². The Bertz CT molecular complexity index is 571. The van der Waals surface area contributed by atoms with E-state index in [2.05, 4.69) is 64.6 Å². The maximum Gasteiger partial charge on any atom is 0.0924 e. The minimum absolute atomic E-state index is 0.435. The third-order valence-corrected chi connectivity index (χ3v) is 3.91. The molecular weight excluding hydrogens is 246 g/mol. The molecule has 0 spiro atoms. The van der Waals surface area contributed by atoms with Crippen LogP contribution in [0.4, 0.5) is 0 Å². The van der Waals surface area contributed by atoms with Crippen LogP contribution in [0.5, 0.6) is 0 Å². The molecule has 3 heteroatoms. The average molecular weight is 267 g/mol. The van der Waals surface area contributed by atoms with Crippen LogP contribution in [-0.2, 0) is 0 Å². The van der Waals surface area contributed by atoms with Gasteiger partial charge >= 0.3 is 0 Å². The molecule has 1 aliphatic heterocycles. The molecule has 1 atom stereocenters. The topological polar surface area (TPSA) is 31.9 Å². The molecule has 1 saturated heterocycles. The number of likely N-dealkylation sites (tertiary alicyclic amines) is 1. The minimum Gasteiger partial charge on any atom is -0.369 e. The molecule has 3 rings (SSSR count). The predicted molar refractivity (Wildman–Crippen MR) is 82.1 cm³/mol. The molecule has 2 heterocycles. The Morgan fingerprint density at radius 1 is 1.25 bits per heavy atom. The van der Waals surface area contributed by atoms with Crippen LogP contribution in [0.3, 0.4) is 0 Å². The van der Waals surface area contributed by atoms with Crippen molar-refractivity contribution in [2.75, 3.05) is 6.54 Å². The molecule has 1 aromatic carbocycles. The fraction of sp³-hybridized carbons (Fsp3) is 0.353. The van der Waals surface area contributed by atoms with Crippen LogP contribution < -0.4 is 0 Å². The SMILES string of the molecule is C/C=C\N1CCCCC1c1cc(-c2ccccc2)n[nH]1. The number of nitrogens with zero attached hydrogens (tertiary/aromatic N) is 2. The fourth-order valence-corrected chi connectivity index (χ4v) is 2.92. The number of H-pyrrole nitrogens is 1. The van der Waals surface area contributed by atoms with Crippen molar-refractivity contribution in [3.8, 4) is 11.3 Å². The second kappa shape index (κ2) is 5.95. The van der Waals surface area contributed by atoms with E-state index in [0.29, 0.717) is 6.04 Å². The van der Waals surface area contributed by atoms with Crippen LogP contribution in [0, 0.1) is 0 Å². The number of nitrogens with one attached hydrogen (secondary N) is 1. The normalized spacial score (nSPS) is 19.6. The lowest BCUT2D eigenvalue weighted by atomic mass is 9.99. The Hall–Kier alpha value is -2.03. The number of rotatable bonds is 3. The van der Waals surface area contributed by atoms with E-state index < -0.39 is 0 Å². The van der Waals surface area contributed by atoms with Crippen LogP contribution >= 0.6 is 0 Å². The van der Waals surface area contributed by atoms with Gasteiger partial charge in [0.1, 0.15) is 0 Å². The van der Waals surface area contributed by atoms with Gasteiger partial charge in [0.25, 0.3) is 0 Å². The molecule has 2 aromatic rings. The zero-order valence-corrected chi connectivity index (χ0v) is 11.9. The van der Waals surface area contributed by atoms with E-state index in [9.17, 15) is 0 Å². The molecule has 1 unspecified atom stereocenters. The first-order valence-corrected chi connectivity index (χ1v) is 7.38. The summed E-state index contributed by atoms with van der Waals surface area (Å²) in [4.78, 5) is 2.42. The molecule has 0 radical (unpaired) electrons. The van der Waals surface area contributed by atoms with Gasteiger partial charge in [-0.2, -0.15) is 5.10 Å². The Kier molecular flexibility index (Phi) is 3.86. The Morgan fingerprint density at radius 2 is 2.10 bits per heavy atom. The first-order valence-electron chi connectivity index (χ1n) is 7.38. The maximum atomic E-state index is 4.48. The lowest BCUT2D eigenvalue weighted by molar-refractivity contribution is 0.211. The van der Waals surface area contributed by atoms with Crippen molar-refractivity contribution in [2.24, 2.45) is 0 Å². The first-order chi connectivity index (χ1) is 9.88. The number of piperidine rings is 1. The Labute approximate surface area is 120 Å². The molecule has 1 N–H and O–H groups in total. The van der Waals surface area contributed by atoms with Gasteiger partial charge in [0, 0.05) is 12.1 Å². The number of aromatic amines is 1. The monoisotopic (exact) mass is 267 g/mol. The summed E-state index contributed by atoms with van der Waals surface area (Å²) in [6.07, 6.45) is 8.08. The Balaban J connectivity index is 1.85. The van der Waals surface area contributed by atoms with Crippen molar-refractivity contribution in [3.63, 3.8) is 0 Å². The molecule has 1 aliphatic rings. The van der Waals surface area contributed by atoms with E-state index in [4.69, 9.17) is 0 Å². The molecule has 0 bridgehead atoms. The molecule has 1 aromatic heterocycles. The number of aromatic nitrogens is 2. The second-order valence-electron chi connectivity index (χ2n) is 5.31. The van der Waals surface area contributed by atoms with Gasteiger partial charge in [-0.05, 0) is 38.5 Å². The summed E-state index contributed by atoms with van der Waals surface area (Å²) in [5, 5.41) is 7.72. The molecule has 0 saturated carbocycles. The number of hydrogen-bond acceptors (Lipinski definition) is 2. The van der Waals surface area contributed by atoms with Crippen molar-refractivity contribution < 1.29 is 0 Å². The minimum atomic E-state index is 0.435. The van der Waals surface area contributed by atoms with Crippen molar-refractivity contribution >= 4 is 0 Å². The molecular formula is C17H21N3. The summed E-state index contributed by atoms with van der Waals surface area (Å²) in [6.45, 7) is 3.21. The molecule has 0 aliphatic carbocycles. The highest BCUT2D eigenvalue weighted by molar-refractivity contribution is 5.59. The lowest BCUT2D eigenvalue weighted by Gasteiger charge is -2.34. The second-order valence-corrected chi connectivity index (χ2v) is 5.31. The van der Waals surface area contributed by atoms with Gasteiger partial charge in [-0.3, -0.25) is 5.10 Å². The van der Waals surface area contributed by atoms with Gasteiger partial charge < -0.3 is 4.90 Å². The number of benzene rings is 1. The predicted octanol–water partition coefficient (Wildman–Crippen LogP) is 4.14. The smallest absolute Gasteiger partial charge is 0.0924 e. The fourth-order valence-electron chi connectivity index (χ4n) is 2.92. The van der Waals surface area contributed by atoms with Gasteiger partial charge in [0.15, 0.2) is 0 Å². The van der Waals surface area contributed by atoms with Crippen molar-refractivity contribution in [2.45, 2.75) is 32.2 Å². The third kappa shape index (κ3) is 2.62. The largest absolute Gasteiger partial charge is 0.369 e. The van der Waals surface area contributed by atoms with Crippen LogP contribution in [0.2, 0.25) is 0 Å². The van der Waals surface area contributed by atoms with Gasteiger partial charge in [0.05, 0.1) is 17.4 Å². The van der Waals surface area contributed by atoms with Crippen LogP contribution in [0.1, 0.15) is 37.9 Å². The maximum absolute atomic E-state index is 4.48. The van der Waals surface area contributed by atoms with Crippen molar-refractivity contribution in [3.05, 3.63) is 54.4 Å². The summed E-state index contributed by atoms with van der Waals surface area (Å²) >= 11 is 0. The first kappa shape index (κ1) is 13.0. The molecule has 104 valence electrons. The van der Waals surface area contributed by atoms with Gasteiger partial charge in [0.2, 0.25) is 0 Å². The highest BCUT2D eigenvalue weighted by atomic mass is 15.2. The summed E-state index contributed by atoms with van der Waals surface area (Å²) in [7, 11) is 0. The highest BCUT2D eigenvalue weighted by Gasteiger charge is 2.23. The zero-order valence-electron chi connectivity index (χ0n) is 11.9. The van der Waals surface area contributed by atoms with E-state index in [1.165, 1.54) is 30.5 Å². The summed E-state index contributed by atoms with van der Waals surface area (Å²) < 4.78 is 0. The summed E-state index contributed by atoms with van der Waals surface area (Å²) in [6, 6.07) is 13.0. The average Bonchev–Trinajstić information content (AvgIpc) is 2.99.